The molecule has 6 nitrogen and oxygen atoms in total. The van der Waals surface area contributed by atoms with Gasteiger partial charge in [0, 0.05) is 10.4 Å². The van der Waals surface area contributed by atoms with Gasteiger partial charge in [-0.3, -0.25) is 0 Å². The second-order valence-corrected chi connectivity index (χ2v) is 9.93. The van der Waals surface area contributed by atoms with E-state index in [4.69, 9.17) is 30.5 Å². The molecule has 2 heterocycles. The lowest BCUT2D eigenvalue weighted by Gasteiger charge is -2.24. The largest absolute Gasteiger partial charge is 0.368 e. The van der Waals surface area contributed by atoms with Crippen molar-refractivity contribution in [3.05, 3.63) is 76.7 Å². The molecule has 0 radical (unpaired) electrons. The number of hydrogen-bond acceptors (Lipinski definition) is 6. The number of fused-ring (bicyclic) bond motifs is 1. The van der Waals surface area contributed by atoms with Crippen molar-refractivity contribution in [2.24, 2.45) is 0 Å². The van der Waals surface area contributed by atoms with Crippen LogP contribution in [0.5, 0.6) is 0 Å². The van der Waals surface area contributed by atoms with E-state index >= 15 is 0 Å². The average molecular weight is 451 g/mol. The Hall–Kier alpha value is -1.74. The first-order valence-corrected chi connectivity index (χ1v) is 11.5. The van der Waals surface area contributed by atoms with E-state index in [1.807, 2.05) is 30.3 Å². The predicted molar refractivity (Wildman–Crippen MR) is 111 cm³/mol. The van der Waals surface area contributed by atoms with Crippen LogP contribution < -0.4 is 0 Å². The molecule has 2 aromatic carbocycles. The van der Waals surface area contributed by atoms with Crippen molar-refractivity contribution in [1.29, 1.82) is 0 Å². The molecule has 0 N–H and O–H groups in total. The number of hydrogen-bond donors (Lipinski definition) is 0. The Bertz CT molecular complexity index is 1000. The third-order valence-electron chi connectivity index (χ3n) is 4.90. The molecule has 4 rings (SSSR count). The first kappa shape index (κ1) is 21.5. The van der Waals surface area contributed by atoms with Gasteiger partial charge >= 0.3 is 0 Å². The minimum atomic E-state index is -3.66. The fraction of sp³-hybridized carbons (Fsp3) is 0.364. The highest BCUT2D eigenvalue weighted by Crippen LogP contribution is 2.39. The standard InChI is InChI=1S/C22H23ClO6S/c1-22(2)28-20-19(26-14-15-6-4-3-5-7-15)18(27-21(20)29-22)12-13-30(24,25)17-10-8-16(23)9-11-17/h3-13,18-21H,14H2,1-2H3/b13-12+/t18-,19-,20-,21-/m1/s1. The summed E-state index contributed by atoms with van der Waals surface area (Å²) in [5, 5.41) is 1.60. The minimum Gasteiger partial charge on any atom is -0.368 e. The zero-order valence-electron chi connectivity index (χ0n) is 16.6. The highest BCUT2D eigenvalue weighted by atomic mass is 35.5. The van der Waals surface area contributed by atoms with Crippen LogP contribution in [-0.2, 0) is 35.4 Å². The Labute approximate surface area is 181 Å². The summed E-state index contributed by atoms with van der Waals surface area (Å²) in [6.07, 6.45) is -0.765. The molecule has 2 aliphatic heterocycles. The molecule has 2 fully saturated rings. The third-order valence-corrected chi connectivity index (χ3v) is 6.60. The molecular formula is C22H23ClO6S. The second kappa shape index (κ2) is 8.42. The summed E-state index contributed by atoms with van der Waals surface area (Å²) >= 11 is 5.85. The van der Waals surface area contributed by atoms with Crippen LogP contribution in [0.2, 0.25) is 5.02 Å². The SMILES string of the molecule is CC1(C)O[C@H]2O[C@H](/C=C/S(=O)(=O)c3ccc(Cl)cc3)[C@@H](OCc3ccccc3)[C@H]2O1. The van der Waals surface area contributed by atoms with Crippen molar-refractivity contribution in [3.63, 3.8) is 0 Å². The number of benzene rings is 2. The van der Waals surface area contributed by atoms with Crippen molar-refractivity contribution in [3.8, 4) is 0 Å². The molecule has 0 aromatic heterocycles. The zero-order valence-corrected chi connectivity index (χ0v) is 18.2. The Morgan fingerprint density at radius 1 is 1.07 bits per heavy atom. The molecule has 2 saturated heterocycles. The third kappa shape index (κ3) is 4.77. The lowest BCUT2D eigenvalue weighted by Crippen LogP contribution is -2.36. The zero-order chi connectivity index (χ0) is 21.4. The summed E-state index contributed by atoms with van der Waals surface area (Å²) in [5.74, 6) is -0.798. The Kier molecular flexibility index (Phi) is 6.03. The van der Waals surface area contributed by atoms with E-state index in [0.29, 0.717) is 11.6 Å². The van der Waals surface area contributed by atoms with Gasteiger partial charge in [0.25, 0.3) is 0 Å². The van der Waals surface area contributed by atoms with Gasteiger partial charge < -0.3 is 18.9 Å². The molecule has 0 unspecified atom stereocenters. The number of ether oxygens (including phenoxy) is 4. The van der Waals surface area contributed by atoms with Gasteiger partial charge in [-0.1, -0.05) is 41.9 Å². The lowest BCUT2D eigenvalue weighted by molar-refractivity contribution is -0.213. The molecule has 0 bridgehead atoms. The van der Waals surface area contributed by atoms with Gasteiger partial charge in [0.1, 0.15) is 18.3 Å². The maximum Gasteiger partial charge on any atom is 0.199 e. The molecule has 0 amide bonds. The molecule has 8 heteroatoms. The lowest BCUT2D eigenvalue weighted by atomic mass is 10.1. The summed E-state index contributed by atoms with van der Waals surface area (Å²) in [4.78, 5) is 0.150. The normalized spacial score (nSPS) is 28.1. The topological polar surface area (TPSA) is 71.1 Å². The van der Waals surface area contributed by atoms with E-state index in [0.717, 1.165) is 11.0 Å². The fourth-order valence-electron chi connectivity index (χ4n) is 3.50. The molecule has 0 spiro atoms. The van der Waals surface area contributed by atoms with Gasteiger partial charge in [0.15, 0.2) is 21.9 Å². The summed E-state index contributed by atoms with van der Waals surface area (Å²) < 4.78 is 49.1. The van der Waals surface area contributed by atoms with Crippen LogP contribution in [-0.4, -0.2) is 38.8 Å². The van der Waals surface area contributed by atoms with Crippen LogP contribution in [0, 0.1) is 0 Å². The molecule has 2 aromatic rings. The van der Waals surface area contributed by atoms with Crippen LogP contribution in [0.4, 0.5) is 0 Å². The van der Waals surface area contributed by atoms with E-state index in [1.165, 1.54) is 30.3 Å². The Morgan fingerprint density at radius 2 is 1.77 bits per heavy atom. The van der Waals surface area contributed by atoms with E-state index in [1.54, 1.807) is 13.8 Å². The van der Waals surface area contributed by atoms with E-state index in [2.05, 4.69) is 0 Å². The quantitative estimate of drug-likeness (QED) is 0.660. The second-order valence-electron chi connectivity index (χ2n) is 7.66. The number of halogens is 1. The molecule has 160 valence electrons. The summed E-state index contributed by atoms with van der Waals surface area (Å²) in [6.45, 7) is 3.95. The average Bonchev–Trinajstić information content (AvgIpc) is 3.17. The van der Waals surface area contributed by atoms with E-state index in [9.17, 15) is 8.42 Å². The summed E-state index contributed by atoms with van der Waals surface area (Å²) in [7, 11) is -3.66. The van der Waals surface area contributed by atoms with Crippen LogP contribution in [0.3, 0.4) is 0 Å². The van der Waals surface area contributed by atoms with Crippen molar-refractivity contribution < 1.29 is 27.4 Å². The van der Waals surface area contributed by atoms with Gasteiger partial charge in [-0.05, 0) is 49.8 Å². The van der Waals surface area contributed by atoms with Gasteiger partial charge in [0.2, 0.25) is 0 Å². The molecule has 0 saturated carbocycles. The summed E-state index contributed by atoms with van der Waals surface area (Å²) in [5.41, 5.74) is 0.996. The highest BCUT2D eigenvalue weighted by molar-refractivity contribution is 7.94. The monoisotopic (exact) mass is 450 g/mol. The first-order chi connectivity index (χ1) is 14.2. The van der Waals surface area contributed by atoms with Crippen LogP contribution in [0.1, 0.15) is 19.4 Å². The van der Waals surface area contributed by atoms with Crippen molar-refractivity contribution >= 4 is 21.4 Å². The first-order valence-electron chi connectivity index (χ1n) is 9.59. The van der Waals surface area contributed by atoms with E-state index in [-0.39, 0.29) is 4.90 Å². The summed E-state index contributed by atoms with van der Waals surface area (Å²) in [6, 6.07) is 15.7. The smallest absolute Gasteiger partial charge is 0.199 e. The molecule has 2 aliphatic rings. The van der Waals surface area contributed by atoms with Crippen LogP contribution >= 0.6 is 11.6 Å². The van der Waals surface area contributed by atoms with Gasteiger partial charge in [0.05, 0.1) is 11.5 Å². The molecular weight excluding hydrogens is 428 g/mol. The van der Waals surface area contributed by atoms with Gasteiger partial charge in [-0.2, -0.15) is 0 Å². The van der Waals surface area contributed by atoms with Gasteiger partial charge in [-0.25, -0.2) is 8.42 Å². The molecule has 30 heavy (non-hydrogen) atoms. The van der Waals surface area contributed by atoms with Crippen molar-refractivity contribution in [1.82, 2.24) is 0 Å². The number of sulfone groups is 1. The number of rotatable bonds is 6. The predicted octanol–water partition coefficient (Wildman–Crippen LogP) is 4.09. The highest BCUT2D eigenvalue weighted by Gasteiger charge is 2.54. The Balaban J connectivity index is 1.53. The molecule has 4 atom stereocenters. The Morgan fingerprint density at radius 3 is 2.47 bits per heavy atom. The fourth-order valence-corrected chi connectivity index (χ4v) is 4.66. The van der Waals surface area contributed by atoms with E-state index < -0.39 is 40.2 Å². The van der Waals surface area contributed by atoms with Crippen molar-refractivity contribution in [2.75, 3.05) is 0 Å². The van der Waals surface area contributed by atoms with Gasteiger partial charge in [-0.15, -0.1) is 0 Å². The maximum atomic E-state index is 12.6. The molecule has 0 aliphatic carbocycles. The van der Waals surface area contributed by atoms with Crippen LogP contribution in [0.25, 0.3) is 0 Å². The van der Waals surface area contributed by atoms with Crippen molar-refractivity contribution in [2.45, 2.75) is 55.7 Å². The maximum absolute atomic E-state index is 12.6. The van der Waals surface area contributed by atoms with Crippen LogP contribution in [0.15, 0.2) is 71.0 Å². The minimum absolute atomic E-state index is 0.150.